The van der Waals surface area contributed by atoms with Gasteiger partial charge in [-0.3, -0.25) is 0 Å². The van der Waals surface area contributed by atoms with E-state index in [0.29, 0.717) is 0 Å². The summed E-state index contributed by atoms with van der Waals surface area (Å²) in [5.41, 5.74) is 1.20. The Morgan fingerprint density at radius 3 is 2.42 bits per heavy atom. The maximum Gasteiger partial charge on any atom is 0.118 e. The van der Waals surface area contributed by atoms with Gasteiger partial charge in [-0.15, -0.1) is 11.8 Å². The second kappa shape index (κ2) is 4.88. The van der Waals surface area contributed by atoms with Gasteiger partial charge in [0.1, 0.15) is 5.75 Å². The first-order valence-electron chi connectivity index (χ1n) is 3.70. The molecule has 0 atom stereocenters. The summed E-state index contributed by atoms with van der Waals surface area (Å²) in [5, 5.41) is 2.06. The minimum absolute atomic E-state index is 0.899. The summed E-state index contributed by atoms with van der Waals surface area (Å²) < 4.78 is 5.04. The van der Waals surface area contributed by atoms with Gasteiger partial charge in [0.15, 0.2) is 0 Å². The fourth-order valence-electron chi connectivity index (χ4n) is 0.862. The largest absolute Gasteiger partial charge is 0.497 e. The Bertz CT molecular complexity index is 251. The zero-order valence-corrected chi connectivity index (χ0v) is 8.10. The molecule has 0 bridgehead atoms. The number of hydrogen-bond acceptors (Lipinski definition) is 2. The van der Waals surface area contributed by atoms with E-state index >= 15 is 0 Å². The number of rotatable bonds is 3. The van der Waals surface area contributed by atoms with Crippen molar-refractivity contribution in [2.75, 3.05) is 13.4 Å². The molecule has 0 fully saturated rings. The van der Waals surface area contributed by atoms with Gasteiger partial charge in [0, 0.05) is 0 Å². The van der Waals surface area contributed by atoms with Crippen molar-refractivity contribution in [3.63, 3.8) is 0 Å². The van der Waals surface area contributed by atoms with Crippen molar-refractivity contribution in [2.45, 2.75) is 0 Å². The number of hydrogen-bond donors (Lipinski definition) is 0. The van der Waals surface area contributed by atoms with Crippen molar-refractivity contribution < 1.29 is 4.74 Å². The molecule has 0 unspecified atom stereocenters. The zero-order valence-electron chi connectivity index (χ0n) is 7.28. The van der Waals surface area contributed by atoms with Gasteiger partial charge in [-0.2, -0.15) is 0 Å². The molecule has 2 heteroatoms. The van der Waals surface area contributed by atoms with Gasteiger partial charge in [0.25, 0.3) is 0 Å². The van der Waals surface area contributed by atoms with Gasteiger partial charge >= 0.3 is 0 Å². The lowest BCUT2D eigenvalue weighted by atomic mass is 10.2. The van der Waals surface area contributed by atoms with Crippen molar-refractivity contribution in [3.8, 4) is 5.75 Å². The van der Waals surface area contributed by atoms with Gasteiger partial charge in [-0.1, -0.05) is 12.1 Å². The van der Waals surface area contributed by atoms with E-state index in [4.69, 9.17) is 4.74 Å². The molecule has 1 nitrogen and oxygen atoms in total. The third-order valence-corrected chi connectivity index (χ3v) is 1.92. The van der Waals surface area contributed by atoms with Gasteiger partial charge in [-0.05, 0) is 35.4 Å². The second-order valence-electron chi connectivity index (χ2n) is 2.31. The molecule has 1 aromatic rings. The fraction of sp³-hybridized carbons (Fsp3) is 0.200. The molecule has 1 rings (SSSR count). The highest BCUT2D eigenvalue weighted by Gasteiger charge is 1.88. The highest BCUT2D eigenvalue weighted by atomic mass is 32.2. The van der Waals surface area contributed by atoms with Crippen LogP contribution in [0.4, 0.5) is 0 Å². The first kappa shape index (κ1) is 9.20. The summed E-state index contributed by atoms with van der Waals surface area (Å²) >= 11 is 1.69. The van der Waals surface area contributed by atoms with Crippen LogP contribution < -0.4 is 4.74 Å². The van der Waals surface area contributed by atoms with Crippen LogP contribution >= 0.6 is 11.8 Å². The first-order chi connectivity index (χ1) is 5.86. The van der Waals surface area contributed by atoms with E-state index in [1.54, 1.807) is 18.9 Å². The average molecular weight is 180 g/mol. The van der Waals surface area contributed by atoms with Crippen LogP contribution in [0.25, 0.3) is 6.08 Å². The maximum atomic E-state index is 5.04. The Morgan fingerprint density at radius 1 is 1.25 bits per heavy atom. The van der Waals surface area contributed by atoms with E-state index in [1.165, 1.54) is 5.56 Å². The molecular formula is C10H12OS. The van der Waals surface area contributed by atoms with Crippen molar-refractivity contribution in [1.29, 1.82) is 0 Å². The summed E-state index contributed by atoms with van der Waals surface area (Å²) in [5.74, 6) is 0.899. The lowest BCUT2D eigenvalue weighted by Crippen LogP contribution is -1.80. The van der Waals surface area contributed by atoms with E-state index < -0.39 is 0 Å². The molecule has 1 aromatic carbocycles. The lowest BCUT2D eigenvalue weighted by molar-refractivity contribution is 0.415. The molecule has 0 saturated carbocycles. The van der Waals surface area contributed by atoms with Gasteiger partial charge < -0.3 is 4.74 Å². The summed E-state index contributed by atoms with van der Waals surface area (Å²) in [6, 6.07) is 7.98. The molecule has 0 N–H and O–H groups in total. The van der Waals surface area contributed by atoms with Crippen LogP contribution in [-0.4, -0.2) is 13.4 Å². The second-order valence-corrected chi connectivity index (χ2v) is 3.06. The molecule has 0 aliphatic heterocycles. The summed E-state index contributed by atoms with van der Waals surface area (Å²) in [4.78, 5) is 0. The minimum atomic E-state index is 0.899. The number of thioether (sulfide) groups is 1. The maximum absolute atomic E-state index is 5.04. The highest BCUT2D eigenvalue weighted by Crippen LogP contribution is 2.13. The molecular weight excluding hydrogens is 168 g/mol. The SMILES string of the molecule is COc1ccc(/C=C\SC)cc1. The van der Waals surface area contributed by atoms with Gasteiger partial charge in [0.05, 0.1) is 7.11 Å². The Kier molecular flexibility index (Phi) is 3.74. The summed E-state index contributed by atoms with van der Waals surface area (Å²) in [6.45, 7) is 0. The molecule has 0 saturated heterocycles. The number of methoxy groups -OCH3 is 1. The molecule has 0 aromatic heterocycles. The van der Waals surface area contributed by atoms with Crippen molar-refractivity contribution in [3.05, 3.63) is 35.2 Å². The van der Waals surface area contributed by atoms with Crippen LogP contribution in [-0.2, 0) is 0 Å². The summed E-state index contributed by atoms with van der Waals surface area (Å²) in [7, 11) is 1.67. The molecule has 64 valence electrons. The summed E-state index contributed by atoms with van der Waals surface area (Å²) in [6.07, 6.45) is 4.12. The normalized spacial score (nSPS) is 10.5. The van der Waals surface area contributed by atoms with Crippen LogP contribution in [0.3, 0.4) is 0 Å². The van der Waals surface area contributed by atoms with Crippen LogP contribution in [0.1, 0.15) is 5.56 Å². The predicted octanol–water partition coefficient (Wildman–Crippen LogP) is 3.03. The quantitative estimate of drug-likeness (QED) is 0.707. The lowest BCUT2D eigenvalue weighted by Gasteiger charge is -1.98. The topological polar surface area (TPSA) is 9.23 Å². The Labute approximate surface area is 77.4 Å². The van der Waals surface area contributed by atoms with Gasteiger partial charge in [0.2, 0.25) is 0 Å². The monoisotopic (exact) mass is 180 g/mol. The Balaban J connectivity index is 2.71. The van der Waals surface area contributed by atoms with E-state index in [0.717, 1.165) is 5.75 Å². The van der Waals surface area contributed by atoms with Gasteiger partial charge in [-0.25, -0.2) is 0 Å². The molecule has 0 radical (unpaired) electrons. The zero-order chi connectivity index (χ0) is 8.81. The van der Waals surface area contributed by atoms with Crippen LogP contribution in [0, 0.1) is 0 Å². The van der Waals surface area contributed by atoms with E-state index in [2.05, 4.69) is 11.5 Å². The third kappa shape index (κ3) is 2.62. The molecule has 0 aliphatic rings. The molecule has 0 spiro atoms. The van der Waals surface area contributed by atoms with E-state index in [1.807, 2.05) is 30.5 Å². The molecule has 0 amide bonds. The molecule has 12 heavy (non-hydrogen) atoms. The Morgan fingerprint density at radius 2 is 1.92 bits per heavy atom. The van der Waals surface area contributed by atoms with Crippen LogP contribution in [0.15, 0.2) is 29.7 Å². The minimum Gasteiger partial charge on any atom is -0.497 e. The fourth-order valence-corrected chi connectivity index (χ4v) is 1.15. The standard InChI is InChI=1S/C10H12OS/c1-11-10-5-3-9(4-6-10)7-8-12-2/h3-8H,1-2H3/b8-7-. The van der Waals surface area contributed by atoms with Crippen LogP contribution in [0.5, 0.6) is 5.75 Å². The van der Waals surface area contributed by atoms with Crippen molar-refractivity contribution in [2.24, 2.45) is 0 Å². The third-order valence-electron chi connectivity index (χ3n) is 1.51. The first-order valence-corrected chi connectivity index (χ1v) is 4.99. The Hall–Kier alpha value is -0.890. The average Bonchev–Trinajstić information content (AvgIpc) is 2.15. The molecule has 0 aliphatic carbocycles. The smallest absolute Gasteiger partial charge is 0.118 e. The van der Waals surface area contributed by atoms with Crippen molar-refractivity contribution >= 4 is 17.8 Å². The van der Waals surface area contributed by atoms with Crippen molar-refractivity contribution in [1.82, 2.24) is 0 Å². The highest BCUT2D eigenvalue weighted by molar-refractivity contribution is 8.01. The van der Waals surface area contributed by atoms with E-state index in [9.17, 15) is 0 Å². The van der Waals surface area contributed by atoms with Crippen LogP contribution in [0.2, 0.25) is 0 Å². The molecule has 0 heterocycles. The number of ether oxygens (including phenoxy) is 1. The number of benzene rings is 1. The predicted molar refractivity (Wildman–Crippen MR) is 55.5 cm³/mol. The van der Waals surface area contributed by atoms with E-state index in [-0.39, 0.29) is 0 Å².